The molecule has 0 aliphatic heterocycles. The highest BCUT2D eigenvalue weighted by Crippen LogP contribution is 2.18. The second-order valence-corrected chi connectivity index (χ2v) is 4.40. The Hall–Kier alpha value is -0.940. The molecule has 15 heavy (non-hydrogen) atoms. The number of aliphatic carboxylic acids is 1. The van der Waals surface area contributed by atoms with E-state index in [2.05, 4.69) is 17.2 Å². The van der Waals surface area contributed by atoms with E-state index in [1.54, 1.807) is 24.5 Å². The molecule has 0 aromatic carbocycles. The smallest absolute Gasteiger partial charge is 0.307 e. The molecule has 2 unspecified atom stereocenters. The number of hydrogen-bond acceptors (Lipinski definition) is 4. The van der Waals surface area contributed by atoms with Crippen LogP contribution in [0.2, 0.25) is 0 Å². The van der Waals surface area contributed by atoms with Gasteiger partial charge in [-0.15, -0.1) is 11.3 Å². The lowest BCUT2D eigenvalue weighted by molar-refractivity contribution is -0.141. The number of rotatable bonds is 6. The third-order valence-corrected chi connectivity index (χ3v) is 3.14. The third kappa shape index (κ3) is 3.60. The van der Waals surface area contributed by atoms with E-state index in [4.69, 9.17) is 5.11 Å². The van der Waals surface area contributed by atoms with E-state index in [1.807, 2.05) is 5.38 Å². The van der Waals surface area contributed by atoms with Crippen molar-refractivity contribution < 1.29 is 9.90 Å². The number of nitrogens with zero attached hydrogens (tertiary/aromatic N) is 1. The zero-order chi connectivity index (χ0) is 11.3. The molecule has 1 heterocycles. The Morgan fingerprint density at radius 3 is 2.93 bits per heavy atom. The van der Waals surface area contributed by atoms with E-state index < -0.39 is 5.97 Å². The molecule has 1 aromatic rings. The summed E-state index contributed by atoms with van der Waals surface area (Å²) in [6, 6.07) is 0.173. The summed E-state index contributed by atoms with van der Waals surface area (Å²) < 4.78 is 0. The molecule has 0 bridgehead atoms. The summed E-state index contributed by atoms with van der Waals surface area (Å²) in [6.45, 7) is 4.24. The first-order chi connectivity index (χ1) is 7.15. The van der Waals surface area contributed by atoms with Gasteiger partial charge in [-0.3, -0.25) is 4.79 Å². The van der Waals surface area contributed by atoms with E-state index in [0.29, 0.717) is 6.54 Å². The van der Waals surface area contributed by atoms with E-state index in [0.717, 1.165) is 11.4 Å². The number of nitrogens with one attached hydrogen (secondary N) is 1. The van der Waals surface area contributed by atoms with Crippen molar-refractivity contribution in [1.82, 2.24) is 10.3 Å². The summed E-state index contributed by atoms with van der Waals surface area (Å²) in [6.07, 6.45) is 2.69. The van der Waals surface area contributed by atoms with Crippen LogP contribution in [0.4, 0.5) is 0 Å². The van der Waals surface area contributed by atoms with Crippen molar-refractivity contribution in [2.45, 2.75) is 26.3 Å². The highest BCUT2D eigenvalue weighted by Gasteiger charge is 2.15. The minimum Gasteiger partial charge on any atom is -0.481 e. The van der Waals surface area contributed by atoms with Gasteiger partial charge in [0.1, 0.15) is 5.01 Å². The maximum atomic E-state index is 10.6. The standard InChI is InChI=1S/C10H16N2O2S/c1-3-8(9-11-4-5-15-9)12-6-7(2)10(13)14/h4-5,7-8,12H,3,6H2,1-2H3,(H,13,14). The Bertz CT molecular complexity index is 300. The minimum atomic E-state index is -0.767. The zero-order valence-electron chi connectivity index (χ0n) is 8.93. The van der Waals surface area contributed by atoms with Crippen LogP contribution in [0.5, 0.6) is 0 Å². The third-order valence-electron chi connectivity index (χ3n) is 2.25. The lowest BCUT2D eigenvalue weighted by atomic mass is 10.1. The molecule has 0 amide bonds. The first-order valence-electron chi connectivity index (χ1n) is 5.00. The molecule has 0 radical (unpaired) electrons. The van der Waals surface area contributed by atoms with Crippen LogP contribution in [-0.2, 0) is 4.79 Å². The van der Waals surface area contributed by atoms with Crippen molar-refractivity contribution in [1.29, 1.82) is 0 Å². The summed E-state index contributed by atoms with van der Waals surface area (Å²) in [5, 5.41) is 14.9. The lowest BCUT2D eigenvalue weighted by Crippen LogP contribution is -2.29. The van der Waals surface area contributed by atoms with Gasteiger partial charge in [-0.05, 0) is 6.42 Å². The zero-order valence-corrected chi connectivity index (χ0v) is 9.75. The minimum absolute atomic E-state index is 0.173. The van der Waals surface area contributed by atoms with Crippen LogP contribution in [0.1, 0.15) is 31.3 Å². The van der Waals surface area contributed by atoms with Gasteiger partial charge in [-0.1, -0.05) is 13.8 Å². The molecule has 0 aliphatic carbocycles. The summed E-state index contributed by atoms with van der Waals surface area (Å²) in [4.78, 5) is 14.9. The molecule has 0 fully saturated rings. The predicted molar refractivity (Wildman–Crippen MR) is 59.9 cm³/mol. The second-order valence-electron chi connectivity index (χ2n) is 3.48. The molecule has 4 nitrogen and oxygen atoms in total. The van der Waals surface area contributed by atoms with Gasteiger partial charge in [0.25, 0.3) is 0 Å². The van der Waals surface area contributed by atoms with Crippen LogP contribution in [0.3, 0.4) is 0 Å². The van der Waals surface area contributed by atoms with Crippen molar-refractivity contribution in [3.63, 3.8) is 0 Å². The predicted octanol–water partition coefficient (Wildman–Crippen LogP) is 1.90. The van der Waals surface area contributed by atoms with Crippen LogP contribution in [0, 0.1) is 5.92 Å². The maximum absolute atomic E-state index is 10.6. The van der Waals surface area contributed by atoms with E-state index in [9.17, 15) is 4.79 Å². The van der Waals surface area contributed by atoms with Crippen molar-refractivity contribution in [2.75, 3.05) is 6.54 Å². The molecule has 1 aromatic heterocycles. The second kappa shape index (κ2) is 5.82. The number of carboxylic acids is 1. The largest absolute Gasteiger partial charge is 0.481 e. The summed E-state index contributed by atoms with van der Waals surface area (Å²) in [5.74, 6) is -1.13. The van der Waals surface area contributed by atoms with Crippen LogP contribution >= 0.6 is 11.3 Å². The summed E-state index contributed by atoms with van der Waals surface area (Å²) in [5.41, 5.74) is 0. The Morgan fingerprint density at radius 1 is 1.73 bits per heavy atom. The first kappa shape index (κ1) is 12.1. The monoisotopic (exact) mass is 228 g/mol. The molecule has 0 saturated heterocycles. The molecule has 0 aliphatic rings. The molecule has 5 heteroatoms. The number of thiazole rings is 1. The highest BCUT2D eigenvalue weighted by molar-refractivity contribution is 7.09. The van der Waals surface area contributed by atoms with Gasteiger partial charge in [0.05, 0.1) is 12.0 Å². The van der Waals surface area contributed by atoms with Crippen molar-refractivity contribution >= 4 is 17.3 Å². The SMILES string of the molecule is CCC(NCC(C)C(=O)O)c1nccs1. The van der Waals surface area contributed by atoms with Gasteiger partial charge in [-0.25, -0.2) is 4.98 Å². The van der Waals surface area contributed by atoms with E-state index in [-0.39, 0.29) is 12.0 Å². The summed E-state index contributed by atoms with van der Waals surface area (Å²) >= 11 is 1.59. The number of hydrogen-bond donors (Lipinski definition) is 2. The van der Waals surface area contributed by atoms with Gasteiger partial charge in [-0.2, -0.15) is 0 Å². The fraction of sp³-hybridized carbons (Fsp3) is 0.600. The molecule has 0 spiro atoms. The fourth-order valence-corrected chi connectivity index (χ4v) is 2.02. The topological polar surface area (TPSA) is 62.2 Å². The van der Waals surface area contributed by atoms with Crippen molar-refractivity contribution in [2.24, 2.45) is 5.92 Å². The van der Waals surface area contributed by atoms with Gasteiger partial charge >= 0.3 is 5.97 Å². The van der Waals surface area contributed by atoms with Crippen molar-refractivity contribution in [3.05, 3.63) is 16.6 Å². The molecule has 84 valence electrons. The molecular weight excluding hydrogens is 212 g/mol. The van der Waals surface area contributed by atoms with E-state index in [1.165, 1.54) is 0 Å². The normalized spacial score (nSPS) is 14.8. The van der Waals surface area contributed by atoms with Gasteiger partial charge in [0, 0.05) is 18.1 Å². The van der Waals surface area contributed by atoms with Gasteiger partial charge < -0.3 is 10.4 Å². The molecule has 2 N–H and O–H groups in total. The Kier molecular flexibility index (Phi) is 4.71. The van der Waals surface area contributed by atoms with Crippen LogP contribution in [-0.4, -0.2) is 22.6 Å². The molecule has 1 rings (SSSR count). The maximum Gasteiger partial charge on any atom is 0.307 e. The van der Waals surface area contributed by atoms with Crippen LogP contribution in [0.25, 0.3) is 0 Å². The van der Waals surface area contributed by atoms with Gasteiger partial charge in [0.2, 0.25) is 0 Å². The number of carboxylic acid groups (broad SMARTS) is 1. The average molecular weight is 228 g/mol. The number of carbonyl (C=O) groups is 1. The fourth-order valence-electron chi connectivity index (χ4n) is 1.22. The number of aromatic nitrogens is 1. The lowest BCUT2D eigenvalue weighted by Gasteiger charge is -2.15. The molecule has 0 saturated carbocycles. The highest BCUT2D eigenvalue weighted by atomic mass is 32.1. The van der Waals surface area contributed by atoms with Gasteiger partial charge in [0.15, 0.2) is 0 Å². The molecule has 2 atom stereocenters. The molecular formula is C10H16N2O2S. The van der Waals surface area contributed by atoms with E-state index >= 15 is 0 Å². The Labute approximate surface area is 93.4 Å². The van der Waals surface area contributed by atoms with Crippen LogP contribution in [0.15, 0.2) is 11.6 Å². The summed E-state index contributed by atoms with van der Waals surface area (Å²) in [7, 11) is 0. The average Bonchev–Trinajstić information content (AvgIpc) is 2.71. The van der Waals surface area contributed by atoms with Crippen LogP contribution < -0.4 is 5.32 Å². The first-order valence-corrected chi connectivity index (χ1v) is 5.88. The Balaban J connectivity index is 2.45. The van der Waals surface area contributed by atoms with Crippen molar-refractivity contribution in [3.8, 4) is 0 Å². The Morgan fingerprint density at radius 2 is 2.47 bits per heavy atom. The quantitative estimate of drug-likeness (QED) is 0.780.